The van der Waals surface area contributed by atoms with Gasteiger partial charge in [-0.05, 0) is 50.1 Å². The van der Waals surface area contributed by atoms with Gasteiger partial charge in [-0.3, -0.25) is 0 Å². The summed E-state index contributed by atoms with van der Waals surface area (Å²) in [6.45, 7) is 2.61. The minimum absolute atomic E-state index is 0.00521. The van der Waals surface area contributed by atoms with Crippen LogP contribution in [0.1, 0.15) is 34.5 Å². The molecule has 2 heterocycles. The molecule has 1 aliphatic rings. The molecule has 0 amide bonds. The van der Waals surface area contributed by atoms with E-state index < -0.39 is 16.0 Å². The molecule has 2 aromatic carbocycles. The Balaban J connectivity index is 1.41. The van der Waals surface area contributed by atoms with E-state index in [0.29, 0.717) is 18.2 Å². The summed E-state index contributed by atoms with van der Waals surface area (Å²) in [5, 5.41) is 0.00521. The number of nitrogens with zero attached hydrogens (tertiary/aromatic N) is 1. The lowest BCUT2D eigenvalue weighted by atomic mass is 10.1. The van der Waals surface area contributed by atoms with Crippen molar-refractivity contribution in [2.24, 2.45) is 0 Å². The van der Waals surface area contributed by atoms with Gasteiger partial charge in [-0.2, -0.15) is 0 Å². The number of nitrogens with one attached hydrogen (secondary N) is 1. The molecule has 8 nitrogen and oxygen atoms in total. The highest BCUT2D eigenvalue weighted by Gasteiger charge is 2.24. The van der Waals surface area contributed by atoms with E-state index in [2.05, 4.69) is 9.71 Å². The zero-order chi connectivity index (χ0) is 23.4. The fourth-order valence-electron chi connectivity index (χ4n) is 3.35. The van der Waals surface area contributed by atoms with Gasteiger partial charge >= 0.3 is 5.97 Å². The van der Waals surface area contributed by atoms with Gasteiger partial charge in [-0.15, -0.1) is 0 Å². The average Bonchev–Trinajstić information content (AvgIpc) is 3.49. The van der Waals surface area contributed by atoms with Gasteiger partial charge in [0.25, 0.3) is 0 Å². The number of aryl methyl sites for hydroxylation is 1. The molecule has 1 saturated heterocycles. The van der Waals surface area contributed by atoms with Crippen LogP contribution in [0.15, 0.2) is 58.0 Å². The molecule has 1 aromatic heterocycles. The van der Waals surface area contributed by atoms with E-state index in [1.54, 1.807) is 0 Å². The zero-order valence-corrected chi connectivity index (χ0v) is 19.5. The number of aromatic nitrogens is 1. The van der Waals surface area contributed by atoms with Crippen LogP contribution in [0.2, 0.25) is 5.02 Å². The highest BCUT2D eigenvalue weighted by molar-refractivity contribution is 7.89. The fraction of sp³-hybridized carbons (Fsp3) is 0.304. The van der Waals surface area contributed by atoms with Gasteiger partial charge in [0.05, 0.1) is 16.7 Å². The normalized spacial score (nSPS) is 16.1. The number of carbonyl (C=O) groups is 1. The molecule has 174 valence electrons. The molecular formula is C23H23ClN2O6S. The smallest absolute Gasteiger partial charge is 0.338 e. The summed E-state index contributed by atoms with van der Waals surface area (Å²) < 4.78 is 44.1. The number of sulfonamides is 1. The average molecular weight is 491 g/mol. The number of oxazole rings is 1. The van der Waals surface area contributed by atoms with Crippen molar-refractivity contribution in [3.63, 3.8) is 0 Å². The standard InChI is InChI=1S/C23H23ClN2O6S/c1-15-4-6-16(7-5-15)22-26-18(13-31-22)14-32-23(27)17-8-9-20(24)21(11-17)33(28,29)25-12-19-3-2-10-30-19/h4-9,11,13,19,25H,2-3,10,12,14H2,1H3. The van der Waals surface area contributed by atoms with Crippen LogP contribution < -0.4 is 4.72 Å². The summed E-state index contributed by atoms with van der Waals surface area (Å²) >= 11 is 6.10. The molecule has 1 atom stereocenters. The van der Waals surface area contributed by atoms with Gasteiger partial charge in [0.1, 0.15) is 23.5 Å². The van der Waals surface area contributed by atoms with Crippen LogP contribution >= 0.6 is 11.6 Å². The Morgan fingerprint density at radius 1 is 1.24 bits per heavy atom. The quantitative estimate of drug-likeness (QED) is 0.473. The number of halogens is 1. The summed E-state index contributed by atoms with van der Waals surface area (Å²) in [5.74, 6) is -0.291. The van der Waals surface area contributed by atoms with Crippen molar-refractivity contribution in [3.8, 4) is 11.5 Å². The Morgan fingerprint density at radius 2 is 2.03 bits per heavy atom. The van der Waals surface area contributed by atoms with Gasteiger partial charge in [0.2, 0.25) is 15.9 Å². The Kier molecular flexibility index (Phi) is 7.14. The van der Waals surface area contributed by atoms with Crippen LogP contribution in [0.4, 0.5) is 0 Å². The topological polar surface area (TPSA) is 108 Å². The maximum absolute atomic E-state index is 12.7. The van der Waals surface area contributed by atoms with Crippen LogP contribution in [0.5, 0.6) is 0 Å². The molecule has 0 bridgehead atoms. The first kappa shape index (κ1) is 23.4. The lowest BCUT2D eigenvalue weighted by Crippen LogP contribution is -2.32. The van der Waals surface area contributed by atoms with Gasteiger partial charge in [-0.25, -0.2) is 22.9 Å². The Labute approximate surface area is 196 Å². The molecule has 1 N–H and O–H groups in total. The molecule has 10 heteroatoms. The third-order valence-electron chi connectivity index (χ3n) is 5.18. The summed E-state index contributed by atoms with van der Waals surface area (Å²) in [4.78, 5) is 16.7. The van der Waals surface area contributed by atoms with Gasteiger partial charge in [0.15, 0.2) is 0 Å². The molecule has 1 fully saturated rings. The van der Waals surface area contributed by atoms with Crippen molar-refractivity contribution in [1.29, 1.82) is 0 Å². The number of esters is 1. The van der Waals surface area contributed by atoms with Gasteiger partial charge < -0.3 is 13.9 Å². The van der Waals surface area contributed by atoms with Gasteiger partial charge in [-0.1, -0.05) is 29.3 Å². The van der Waals surface area contributed by atoms with Crippen molar-refractivity contribution in [2.75, 3.05) is 13.2 Å². The number of benzene rings is 2. The first-order valence-electron chi connectivity index (χ1n) is 10.4. The minimum Gasteiger partial charge on any atom is -0.455 e. The maximum atomic E-state index is 12.7. The van der Waals surface area contributed by atoms with Crippen LogP contribution in [-0.2, 0) is 26.1 Å². The first-order valence-corrected chi connectivity index (χ1v) is 12.3. The maximum Gasteiger partial charge on any atom is 0.338 e. The minimum atomic E-state index is -3.93. The highest BCUT2D eigenvalue weighted by atomic mass is 35.5. The number of hydrogen-bond acceptors (Lipinski definition) is 7. The predicted molar refractivity (Wildman–Crippen MR) is 121 cm³/mol. The lowest BCUT2D eigenvalue weighted by Gasteiger charge is -2.13. The molecule has 0 aliphatic carbocycles. The van der Waals surface area contributed by atoms with E-state index in [1.807, 2.05) is 31.2 Å². The number of rotatable bonds is 8. The van der Waals surface area contributed by atoms with Crippen LogP contribution in [0.25, 0.3) is 11.5 Å². The van der Waals surface area contributed by atoms with Crippen molar-refractivity contribution in [2.45, 2.75) is 37.4 Å². The fourth-order valence-corrected chi connectivity index (χ4v) is 4.94. The van der Waals surface area contributed by atoms with E-state index in [0.717, 1.165) is 24.0 Å². The van der Waals surface area contributed by atoms with Crippen LogP contribution in [0.3, 0.4) is 0 Å². The number of hydrogen-bond donors (Lipinski definition) is 1. The summed E-state index contributed by atoms with van der Waals surface area (Å²) in [7, 11) is -3.93. The number of ether oxygens (including phenoxy) is 2. The second-order valence-corrected chi connectivity index (χ2v) is 9.86. The SMILES string of the molecule is Cc1ccc(-c2nc(COC(=O)c3ccc(Cl)c(S(=O)(=O)NCC4CCCO4)c3)co2)cc1. The van der Waals surface area contributed by atoms with Crippen LogP contribution in [0, 0.1) is 6.92 Å². The third-order valence-corrected chi connectivity index (χ3v) is 7.09. The Hall–Kier alpha value is -2.72. The van der Waals surface area contributed by atoms with Crippen LogP contribution in [-0.4, -0.2) is 38.6 Å². The van der Waals surface area contributed by atoms with E-state index in [9.17, 15) is 13.2 Å². The molecule has 0 saturated carbocycles. The molecule has 0 spiro atoms. The lowest BCUT2D eigenvalue weighted by molar-refractivity contribution is 0.0467. The van der Waals surface area contributed by atoms with Crippen molar-refractivity contribution >= 4 is 27.6 Å². The van der Waals surface area contributed by atoms with Crippen molar-refractivity contribution in [3.05, 3.63) is 70.6 Å². The molecule has 1 unspecified atom stereocenters. The van der Waals surface area contributed by atoms with E-state index >= 15 is 0 Å². The summed E-state index contributed by atoms with van der Waals surface area (Å²) in [5.41, 5.74) is 2.41. The number of carbonyl (C=O) groups excluding carboxylic acids is 1. The molecule has 3 aromatic rings. The Bertz CT molecular complexity index is 1230. The Morgan fingerprint density at radius 3 is 2.76 bits per heavy atom. The van der Waals surface area contributed by atoms with E-state index in [-0.39, 0.29) is 34.7 Å². The second-order valence-electron chi connectivity index (χ2n) is 7.72. The second kappa shape index (κ2) is 10.0. The summed E-state index contributed by atoms with van der Waals surface area (Å²) in [6.07, 6.45) is 2.93. The third kappa shape index (κ3) is 5.80. The van der Waals surface area contributed by atoms with Gasteiger partial charge in [0, 0.05) is 18.7 Å². The molecule has 33 heavy (non-hydrogen) atoms. The first-order chi connectivity index (χ1) is 15.8. The van der Waals surface area contributed by atoms with E-state index in [4.69, 9.17) is 25.5 Å². The predicted octanol–water partition coefficient (Wildman–Crippen LogP) is 4.12. The molecule has 1 aliphatic heterocycles. The monoisotopic (exact) mass is 490 g/mol. The highest BCUT2D eigenvalue weighted by Crippen LogP contribution is 2.24. The molecule has 0 radical (unpaired) electrons. The summed E-state index contributed by atoms with van der Waals surface area (Å²) in [6, 6.07) is 11.6. The van der Waals surface area contributed by atoms with Crippen molar-refractivity contribution < 1.29 is 27.1 Å². The van der Waals surface area contributed by atoms with E-state index in [1.165, 1.54) is 24.5 Å². The molecular weight excluding hydrogens is 468 g/mol. The van der Waals surface area contributed by atoms with Crippen molar-refractivity contribution in [1.82, 2.24) is 9.71 Å². The molecule has 4 rings (SSSR count). The largest absolute Gasteiger partial charge is 0.455 e. The zero-order valence-electron chi connectivity index (χ0n) is 17.9.